The molecule has 0 aromatic heterocycles. The molecule has 0 spiro atoms. The first kappa shape index (κ1) is 21.3. The molecule has 2 amide bonds. The SMILES string of the molecule is CC1=C(CC(=O)N[C@H](C)C2CCC(C#N)CC2F)C(=O)NC2CCNC(C#N)C12. The van der Waals surface area contributed by atoms with Gasteiger partial charge in [-0.25, -0.2) is 4.39 Å². The summed E-state index contributed by atoms with van der Waals surface area (Å²) in [6.45, 7) is 4.26. The molecule has 0 radical (unpaired) electrons. The Labute approximate surface area is 170 Å². The molecule has 0 bridgehead atoms. The van der Waals surface area contributed by atoms with E-state index in [2.05, 4.69) is 28.1 Å². The standard InChI is InChI=1S/C21H28FN5O2/c1-11-15(21(29)27-17-5-6-25-18(10-24)20(11)17)8-19(28)26-12(2)14-4-3-13(9-23)7-16(14)22/h12-14,16-18,20,25H,3-8H2,1-2H3,(H,26,28)(H,27,29)/t12-,13?,14?,16?,17?,18?,20?/m1/s1. The number of nitrogens with one attached hydrogen (secondary N) is 3. The van der Waals surface area contributed by atoms with Gasteiger partial charge in [-0.1, -0.05) is 5.57 Å². The number of rotatable bonds is 4. The molecule has 8 heteroatoms. The Morgan fingerprint density at radius 2 is 2.07 bits per heavy atom. The van der Waals surface area contributed by atoms with Crippen molar-refractivity contribution in [1.82, 2.24) is 16.0 Å². The van der Waals surface area contributed by atoms with Gasteiger partial charge in [0.05, 0.1) is 18.6 Å². The van der Waals surface area contributed by atoms with E-state index in [1.807, 2.05) is 6.92 Å². The van der Waals surface area contributed by atoms with Crippen LogP contribution in [0.25, 0.3) is 0 Å². The number of fused-ring (bicyclic) bond motifs is 1. The molecule has 1 aliphatic carbocycles. The number of piperidine rings is 1. The van der Waals surface area contributed by atoms with Gasteiger partial charge < -0.3 is 16.0 Å². The summed E-state index contributed by atoms with van der Waals surface area (Å²) in [4.78, 5) is 25.2. The van der Waals surface area contributed by atoms with E-state index in [0.717, 1.165) is 12.0 Å². The Hall–Kier alpha value is -2.45. The van der Waals surface area contributed by atoms with Crippen molar-refractivity contribution in [2.24, 2.45) is 17.8 Å². The van der Waals surface area contributed by atoms with Crippen molar-refractivity contribution in [1.29, 1.82) is 10.5 Å². The molecular weight excluding hydrogens is 373 g/mol. The van der Waals surface area contributed by atoms with Crippen LogP contribution in [-0.4, -0.2) is 42.7 Å². The Balaban J connectivity index is 1.66. The van der Waals surface area contributed by atoms with Crippen molar-refractivity contribution in [3.05, 3.63) is 11.1 Å². The monoisotopic (exact) mass is 401 g/mol. The van der Waals surface area contributed by atoms with Gasteiger partial charge in [0, 0.05) is 35.4 Å². The number of amides is 2. The molecule has 7 atom stereocenters. The lowest BCUT2D eigenvalue weighted by Gasteiger charge is -2.41. The predicted molar refractivity (Wildman–Crippen MR) is 104 cm³/mol. The van der Waals surface area contributed by atoms with Crippen LogP contribution < -0.4 is 16.0 Å². The lowest BCUT2D eigenvalue weighted by Crippen LogP contribution is -2.58. The van der Waals surface area contributed by atoms with Gasteiger partial charge in [-0.05, 0) is 46.1 Å². The van der Waals surface area contributed by atoms with Crippen molar-refractivity contribution in [3.8, 4) is 12.1 Å². The molecular formula is C21H28FN5O2. The highest BCUT2D eigenvalue weighted by atomic mass is 19.1. The van der Waals surface area contributed by atoms with Gasteiger partial charge in [-0.2, -0.15) is 10.5 Å². The number of hydrogen-bond acceptors (Lipinski definition) is 5. The Kier molecular flexibility index (Phi) is 6.54. The number of carbonyl (C=O) groups excluding carboxylic acids is 2. The Morgan fingerprint density at radius 3 is 2.72 bits per heavy atom. The number of carbonyl (C=O) groups is 2. The highest BCUT2D eigenvalue weighted by molar-refractivity contribution is 6.00. The van der Waals surface area contributed by atoms with Crippen LogP contribution in [0.15, 0.2) is 11.1 Å². The minimum atomic E-state index is -1.12. The average molecular weight is 401 g/mol. The van der Waals surface area contributed by atoms with Gasteiger partial charge in [0.15, 0.2) is 0 Å². The molecule has 3 aliphatic rings. The van der Waals surface area contributed by atoms with Crippen LogP contribution in [0, 0.1) is 40.4 Å². The Morgan fingerprint density at radius 1 is 1.31 bits per heavy atom. The van der Waals surface area contributed by atoms with E-state index >= 15 is 0 Å². The van der Waals surface area contributed by atoms with Crippen molar-refractivity contribution >= 4 is 11.8 Å². The van der Waals surface area contributed by atoms with Crippen LogP contribution in [0.5, 0.6) is 0 Å². The fourth-order valence-electron chi connectivity index (χ4n) is 5.02. The number of nitrogens with zero attached hydrogens (tertiary/aromatic N) is 2. The molecule has 1 saturated heterocycles. The minimum Gasteiger partial charge on any atom is -0.353 e. The van der Waals surface area contributed by atoms with E-state index in [1.165, 1.54) is 0 Å². The van der Waals surface area contributed by atoms with Crippen molar-refractivity contribution in [3.63, 3.8) is 0 Å². The van der Waals surface area contributed by atoms with Crippen molar-refractivity contribution in [2.45, 2.75) is 70.2 Å². The second-order valence-electron chi connectivity index (χ2n) is 8.47. The molecule has 2 aliphatic heterocycles. The van der Waals surface area contributed by atoms with Crippen LogP contribution in [-0.2, 0) is 9.59 Å². The molecule has 6 unspecified atom stereocenters. The maximum absolute atomic E-state index is 14.4. The van der Waals surface area contributed by atoms with E-state index in [4.69, 9.17) is 5.26 Å². The second kappa shape index (κ2) is 8.92. The first-order valence-corrected chi connectivity index (χ1v) is 10.3. The van der Waals surface area contributed by atoms with Crippen LogP contribution in [0.2, 0.25) is 0 Å². The summed E-state index contributed by atoms with van der Waals surface area (Å²) in [6.07, 6.45) is 0.940. The van der Waals surface area contributed by atoms with E-state index in [-0.39, 0.29) is 54.5 Å². The first-order chi connectivity index (χ1) is 13.8. The molecule has 1 saturated carbocycles. The van der Waals surface area contributed by atoms with Gasteiger partial charge in [0.2, 0.25) is 11.8 Å². The number of alkyl halides is 1. The molecule has 29 heavy (non-hydrogen) atoms. The number of hydrogen-bond donors (Lipinski definition) is 3. The van der Waals surface area contributed by atoms with Crippen molar-refractivity contribution < 1.29 is 14.0 Å². The summed E-state index contributed by atoms with van der Waals surface area (Å²) in [7, 11) is 0. The quantitative estimate of drug-likeness (QED) is 0.659. The Bertz CT molecular complexity index is 783. The minimum absolute atomic E-state index is 0.0894. The van der Waals surface area contributed by atoms with E-state index in [0.29, 0.717) is 25.0 Å². The molecule has 2 heterocycles. The molecule has 0 aromatic rings. The van der Waals surface area contributed by atoms with E-state index in [9.17, 15) is 19.2 Å². The molecule has 156 valence electrons. The highest BCUT2D eigenvalue weighted by Gasteiger charge is 2.41. The zero-order valence-corrected chi connectivity index (χ0v) is 16.9. The van der Waals surface area contributed by atoms with Crippen LogP contribution in [0.1, 0.15) is 46.0 Å². The summed E-state index contributed by atoms with van der Waals surface area (Å²) < 4.78 is 14.4. The molecule has 2 fully saturated rings. The van der Waals surface area contributed by atoms with Crippen LogP contribution in [0.3, 0.4) is 0 Å². The molecule has 7 nitrogen and oxygen atoms in total. The summed E-state index contributed by atoms with van der Waals surface area (Å²) >= 11 is 0. The van der Waals surface area contributed by atoms with Crippen molar-refractivity contribution in [2.75, 3.05) is 6.54 Å². The molecule has 0 aromatic carbocycles. The maximum Gasteiger partial charge on any atom is 0.247 e. The fourth-order valence-corrected chi connectivity index (χ4v) is 5.02. The predicted octanol–water partition coefficient (Wildman–Crippen LogP) is 1.48. The largest absolute Gasteiger partial charge is 0.353 e. The number of nitriles is 2. The van der Waals surface area contributed by atoms with Gasteiger partial charge >= 0.3 is 0 Å². The normalized spacial score (nSPS) is 35.6. The van der Waals surface area contributed by atoms with Gasteiger partial charge in [0.25, 0.3) is 0 Å². The topological polar surface area (TPSA) is 118 Å². The zero-order valence-electron chi connectivity index (χ0n) is 16.9. The average Bonchev–Trinajstić information content (AvgIpc) is 2.70. The maximum atomic E-state index is 14.4. The third kappa shape index (κ3) is 4.43. The zero-order chi connectivity index (χ0) is 21.1. The van der Waals surface area contributed by atoms with Gasteiger partial charge in [0.1, 0.15) is 12.2 Å². The smallest absolute Gasteiger partial charge is 0.247 e. The van der Waals surface area contributed by atoms with Crippen LogP contribution in [0.4, 0.5) is 4.39 Å². The highest BCUT2D eigenvalue weighted by Crippen LogP contribution is 2.34. The summed E-state index contributed by atoms with van der Waals surface area (Å²) in [5.74, 6) is -1.32. The second-order valence-corrected chi connectivity index (χ2v) is 8.47. The first-order valence-electron chi connectivity index (χ1n) is 10.3. The fraction of sp³-hybridized carbons (Fsp3) is 0.714. The van der Waals surface area contributed by atoms with Crippen LogP contribution >= 0.6 is 0 Å². The third-order valence-corrected chi connectivity index (χ3v) is 6.69. The molecule has 3 N–H and O–H groups in total. The van der Waals surface area contributed by atoms with Gasteiger partial charge in [-0.15, -0.1) is 0 Å². The van der Waals surface area contributed by atoms with E-state index < -0.39 is 12.2 Å². The number of halogens is 1. The van der Waals surface area contributed by atoms with Gasteiger partial charge in [-0.3, -0.25) is 9.59 Å². The summed E-state index contributed by atoms with van der Waals surface area (Å²) in [5.41, 5.74) is 1.17. The summed E-state index contributed by atoms with van der Waals surface area (Å²) in [6, 6.07) is 3.51. The third-order valence-electron chi connectivity index (χ3n) is 6.69. The van der Waals surface area contributed by atoms with E-state index in [1.54, 1.807) is 6.92 Å². The lowest BCUT2D eigenvalue weighted by atomic mass is 9.76. The molecule has 3 rings (SSSR count). The summed E-state index contributed by atoms with van der Waals surface area (Å²) in [5, 5.41) is 27.4. The lowest BCUT2D eigenvalue weighted by molar-refractivity contribution is -0.125.